The van der Waals surface area contributed by atoms with Crippen LogP contribution in [0.2, 0.25) is 0 Å². The number of benzene rings is 3. The number of halogens is 1. The number of hydrogen-bond donors (Lipinski definition) is 1. The van der Waals surface area contributed by atoms with E-state index in [1.807, 2.05) is 36.4 Å². The highest BCUT2D eigenvalue weighted by Crippen LogP contribution is 2.56. The van der Waals surface area contributed by atoms with Gasteiger partial charge in [0.05, 0.1) is 17.5 Å². The molecule has 4 atom stereocenters. The number of carbonyl (C=O) groups excluding carboxylic acids is 4. The lowest BCUT2D eigenvalue weighted by Gasteiger charge is -2.42. The van der Waals surface area contributed by atoms with Gasteiger partial charge in [0.2, 0.25) is 11.8 Å². The molecule has 6 nitrogen and oxygen atoms in total. The number of phenolic OH excluding ortho intramolecular Hbond substituents is 1. The van der Waals surface area contributed by atoms with Gasteiger partial charge < -0.3 is 5.11 Å². The molecule has 0 bridgehead atoms. The Morgan fingerprint density at radius 1 is 0.875 bits per heavy atom. The van der Waals surface area contributed by atoms with Crippen molar-refractivity contribution in [2.75, 3.05) is 4.90 Å². The highest BCUT2D eigenvalue weighted by Gasteiger charge is 2.56. The van der Waals surface area contributed by atoms with Gasteiger partial charge in [0.15, 0.2) is 11.6 Å². The maximum Gasteiger partial charge on any atom is 0.238 e. The molecule has 2 amide bonds. The SMILES string of the molecule is CC1=CC(=O)C2=C(C1=O)[C@@H](c1ccc(O)c3ccccc13)C1=CC[C@@H]3C(=O)N(c4ccc(Br)cc4)C(=O)[C@@H]3[C@@H]1C2. The summed E-state index contributed by atoms with van der Waals surface area (Å²) >= 11 is 3.41. The number of allylic oxidation sites excluding steroid dienone is 6. The summed E-state index contributed by atoms with van der Waals surface area (Å²) in [4.78, 5) is 56.0. The molecule has 1 heterocycles. The smallest absolute Gasteiger partial charge is 0.238 e. The third-order valence-electron chi connectivity index (χ3n) is 8.90. The summed E-state index contributed by atoms with van der Waals surface area (Å²) in [6.07, 6.45) is 4.01. The molecule has 0 aromatic heterocycles. The molecular formula is C33H24BrNO5. The van der Waals surface area contributed by atoms with E-state index < -0.39 is 23.7 Å². The average molecular weight is 594 g/mol. The maximum absolute atomic E-state index is 14.0. The Hall–Kier alpha value is -4.10. The first kappa shape index (κ1) is 24.9. The Bertz CT molecular complexity index is 1780. The molecule has 3 aromatic rings. The van der Waals surface area contributed by atoms with Gasteiger partial charge in [-0.1, -0.05) is 57.9 Å². The first-order chi connectivity index (χ1) is 19.3. The van der Waals surface area contributed by atoms with Crippen LogP contribution in [0.1, 0.15) is 31.2 Å². The highest BCUT2D eigenvalue weighted by atomic mass is 79.9. The predicted octanol–water partition coefficient (Wildman–Crippen LogP) is 5.94. The van der Waals surface area contributed by atoms with Gasteiger partial charge in [-0.25, -0.2) is 0 Å². The minimum Gasteiger partial charge on any atom is -0.507 e. The zero-order valence-electron chi connectivity index (χ0n) is 21.6. The van der Waals surface area contributed by atoms with Crippen molar-refractivity contribution in [2.24, 2.45) is 17.8 Å². The van der Waals surface area contributed by atoms with E-state index >= 15 is 0 Å². The number of aromatic hydroxyl groups is 1. The molecule has 0 radical (unpaired) electrons. The van der Waals surface area contributed by atoms with E-state index in [9.17, 15) is 24.3 Å². The molecule has 3 aromatic carbocycles. The summed E-state index contributed by atoms with van der Waals surface area (Å²) in [6.45, 7) is 1.66. The normalized spacial score (nSPS) is 26.0. The molecule has 3 aliphatic carbocycles. The van der Waals surface area contributed by atoms with Crippen molar-refractivity contribution in [3.05, 3.63) is 105 Å². The molecule has 1 N–H and O–H groups in total. The number of fused-ring (bicyclic) bond motifs is 4. The maximum atomic E-state index is 14.0. The van der Waals surface area contributed by atoms with E-state index in [0.717, 1.165) is 21.0 Å². The fourth-order valence-corrected chi connectivity index (χ4v) is 7.38. The summed E-state index contributed by atoms with van der Waals surface area (Å²) in [7, 11) is 0. The van der Waals surface area contributed by atoms with Crippen LogP contribution in [0.5, 0.6) is 5.75 Å². The van der Waals surface area contributed by atoms with Gasteiger partial charge in [0.1, 0.15) is 5.75 Å². The Morgan fingerprint density at radius 2 is 1.60 bits per heavy atom. The second-order valence-electron chi connectivity index (χ2n) is 10.9. The average Bonchev–Trinajstić information content (AvgIpc) is 3.21. The Kier molecular flexibility index (Phi) is 5.58. The number of hydrogen-bond acceptors (Lipinski definition) is 5. The molecule has 4 aliphatic rings. The van der Waals surface area contributed by atoms with E-state index in [0.29, 0.717) is 34.2 Å². The molecule has 1 saturated heterocycles. The van der Waals surface area contributed by atoms with E-state index in [1.165, 1.54) is 11.0 Å². The van der Waals surface area contributed by atoms with Crippen LogP contribution in [-0.4, -0.2) is 28.5 Å². The summed E-state index contributed by atoms with van der Waals surface area (Å²) in [5, 5.41) is 12.0. The summed E-state index contributed by atoms with van der Waals surface area (Å²) in [5.74, 6) is -2.91. The van der Waals surface area contributed by atoms with Gasteiger partial charge in [0, 0.05) is 32.5 Å². The number of Topliss-reactive ketones (excluding diaryl/α,β-unsaturated/α-hetero) is 1. The van der Waals surface area contributed by atoms with E-state index in [-0.39, 0.29) is 35.6 Å². The van der Waals surface area contributed by atoms with Crippen molar-refractivity contribution in [3.63, 3.8) is 0 Å². The van der Waals surface area contributed by atoms with Crippen LogP contribution >= 0.6 is 15.9 Å². The van der Waals surface area contributed by atoms with Gasteiger partial charge in [-0.3, -0.25) is 24.1 Å². The number of rotatable bonds is 2. The van der Waals surface area contributed by atoms with E-state index in [2.05, 4.69) is 15.9 Å². The van der Waals surface area contributed by atoms with Gasteiger partial charge >= 0.3 is 0 Å². The van der Waals surface area contributed by atoms with Gasteiger partial charge in [-0.2, -0.15) is 0 Å². The molecule has 0 unspecified atom stereocenters. The minimum absolute atomic E-state index is 0.127. The van der Waals surface area contributed by atoms with Gasteiger partial charge in [0.25, 0.3) is 0 Å². The van der Waals surface area contributed by atoms with Crippen molar-refractivity contribution < 1.29 is 24.3 Å². The number of anilines is 1. The van der Waals surface area contributed by atoms with Crippen molar-refractivity contribution in [1.29, 1.82) is 0 Å². The summed E-state index contributed by atoms with van der Waals surface area (Å²) in [5.41, 5.74) is 3.47. The number of carbonyl (C=O) groups is 4. The highest BCUT2D eigenvalue weighted by molar-refractivity contribution is 9.10. The van der Waals surface area contributed by atoms with Gasteiger partial charge in [-0.15, -0.1) is 0 Å². The van der Waals surface area contributed by atoms with Crippen LogP contribution in [0.3, 0.4) is 0 Å². The summed E-state index contributed by atoms with van der Waals surface area (Å²) < 4.78 is 0.844. The zero-order valence-corrected chi connectivity index (χ0v) is 23.1. The fraction of sp³-hybridized carbons (Fsp3) is 0.212. The van der Waals surface area contributed by atoms with Gasteiger partial charge in [-0.05, 0) is 73.0 Å². The Morgan fingerprint density at radius 3 is 2.35 bits per heavy atom. The number of amides is 2. The lowest BCUT2D eigenvalue weighted by atomic mass is 9.59. The number of phenols is 1. The standard InChI is InChI=1S/C33H24BrNO5/c1-16-14-27(37)25-15-24-22(10-11-23-29(24)33(40)35(32(23)39)18-8-6-17(34)7-9-18)28(30(25)31(16)38)21-12-13-26(36)20-5-3-2-4-19(20)21/h2-10,12-14,23-24,28-29,36H,11,15H2,1H3/t23-,24+,28-,29-/m0/s1. The largest absolute Gasteiger partial charge is 0.507 e. The fourth-order valence-electron chi connectivity index (χ4n) is 7.12. The van der Waals surface area contributed by atoms with Crippen LogP contribution in [-0.2, 0) is 19.2 Å². The van der Waals surface area contributed by atoms with Crippen LogP contribution in [0.15, 0.2) is 99.6 Å². The lowest BCUT2D eigenvalue weighted by Crippen LogP contribution is -2.39. The topological polar surface area (TPSA) is 91.8 Å². The van der Waals surface area contributed by atoms with Crippen LogP contribution in [0.4, 0.5) is 5.69 Å². The van der Waals surface area contributed by atoms with E-state index in [4.69, 9.17) is 0 Å². The molecular weight excluding hydrogens is 570 g/mol. The molecule has 7 heteroatoms. The molecule has 198 valence electrons. The lowest BCUT2D eigenvalue weighted by molar-refractivity contribution is -0.123. The van der Waals surface area contributed by atoms with Crippen LogP contribution in [0, 0.1) is 17.8 Å². The molecule has 40 heavy (non-hydrogen) atoms. The molecule has 7 rings (SSSR count). The first-order valence-electron chi connectivity index (χ1n) is 13.3. The van der Waals surface area contributed by atoms with Crippen molar-refractivity contribution in [3.8, 4) is 5.75 Å². The quantitative estimate of drug-likeness (QED) is 0.225. The Labute approximate surface area is 238 Å². The Balaban J connectivity index is 1.41. The minimum atomic E-state index is -0.633. The molecule has 0 saturated carbocycles. The number of nitrogens with zero attached hydrogens (tertiary/aromatic N) is 1. The van der Waals surface area contributed by atoms with Crippen molar-refractivity contribution >= 4 is 55.8 Å². The number of ketones is 2. The molecule has 0 spiro atoms. The third kappa shape index (κ3) is 3.47. The first-order valence-corrected chi connectivity index (χ1v) is 14.1. The molecule has 1 fully saturated rings. The van der Waals surface area contributed by atoms with E-state index in [1.54, 1.807) is 37.3 Å². The van der Waals surface area contributed by atoms with Crippen molar-refractivity contribution in [2.45, 2.75) is 25.7 Å². The number of imide groups is 1. The predicted molar refractivity (Wildman–Crippen MR) is 154 cm³/mol. The summed E-state index contributed by atoms with van der Waals surface area (Å²) in [6, 6.07) is 17.9. The van der Waals surface area contributed by atoms with Crippen LogP contribution in [0.25, 0.3) is 10.8 Å². The molecule has 1 aliphatic heterocycles. The second kappa shape index (κ2) is 8.96. The monoisotopic (exact) mass is 593 g/mol. The third-order valence-corrected chi connectivity index (χ3v) is 9.42. The van der Waals surface area contributed by atoms with Crippen LogP contribution < -0.4 is 4.90 Å². The zero-order chi connectivity index (χ0) is 27.9. The second-order valence-corrected chi connectivity index (χ2v) is 11.9. The van der Waals surface area contributed by atoms with Crippen molar-refractivity contribution in [1.82, 2.24) is 0 Å².